The summed E-state index contributed by atoms with van der Waals surface area (Å²) in [6.45, 7) is 0.369. The highest BCUT2D eigenvalue weighted by Gasteiger charge is 2.60. The van der Waals surface area contributed by atoms with Gasteiger partial charge in [0.15, 0.2) is 0 Å². The molecule has 1 aromatic heterocycles. The molecular weight excluding hydrogens is 409 g/mol. The number of hydrogen-bond acceptors (Lipinski definition) is 5. The van der Waals surface area contributed by atoms with Crippen LogP contribution >= 0.6 is 11.6 Å². The summed E-state index contributed by atoms with van der Waals surface area (Å²) >= 11 is 6.40. The van der Waals surface area contributed by atoms with Gasteiger partial charge in [0.25, 0.3) is 5.56 Å². The standard InChI is InChI=1S/C22H23ClFN3O3/c23-18-17(25-10-13-1-3-16(24)4-2-13)11-26-27(19(18)28)22-8-14-5-15(9-22)7-21(6-14,12-22)20(29)30/h1-4,11,14-15,25H,5-10,12H2,(H,29,30)/p-1/t14-,15+,21?,22?. The van der Waals surface area contributed by atoms with Crippen molar-refractivity contribution >= 4 is 23.3 Å². The number of carbonyl (C=O) groups is 1. The van der Waals surface area contributed by atoms with Crippen molar-refractivity contribution in [2.75, 3.05) is 5.32 Å². The lowest BCUT2D eigenvalue weighted by molar-refractivity contribution is -0.329. The van der Waals surface area contributed by atoms with E-state index in [1.54, 1.807) is 12.1 Å². The maximum Gasteiger partial charge on any atom is 0.288 e. The Morgan fingerprint density at radius 1 is 1.23 bits per heavy atom. The first-order valence-corrected chi connectivity index (χ1v) is 10.7. The van der Waals surface area contributed by atoms with Gasteiger partial charge in [-0.05, 0) is 68.1 Å². The van der Waals surface area contributed by atoms with Crippen LogP contribution in [-0.4, -0.2) is 15.7 Å². The molecule has 1 N–H and O–H groups in total. The fourth-order valence-corrected chi connectivity index (χ4v) is 6.59. The molecule has 158 valence electrons. The molecule has 0 spiro atoms. The van der Waals surface area contributed by atoms with Crippen LogP contribution in [-0.2, 0) is 16.9 Å². The van der Waals surface area contributed by atoms with Crippen LogP contribution in [0.3, 0.4) is 0 Å². The van der Waals surface area contributed by atoms with Gasteiger partial charge < -0.3 is 15.2 Å². The van der Waals surface area contributed by atoms with E-state index < -0.39 is 22.5 Å². The van der Waals surface area contributed by atoms with Crippen LogP contribution in [0.15, 0.2) is 35.3 Å². The average molecular weight is 431 g/mol. The molecule has 30 heavy (non-hydrogen) atoms. The van der Waals surface area contributed by atoms with Gasteiger partial charge in [-0.2, -0.15) is 5.10 Å². The molecule has 4 saturated carbocycles. The minimum atomic E-state index is -1.00. The molecule has 2 unspecified atom stereocenters. The normalized spacial score (nSPS) is 31.7. The molecule has 1 aromatic carbocycles. The second-order valence-electron chi connectivity index (χ2n) is 9.32. The largest absolute Gasteiger partial charge is 0.550 e. The molecule has 1 heterocycles. The maximum atomic E-state index is 13.2. The van der Waals surface area contributed by atoms with Crippen molar-refractivity contribution in [3.8, 4) is 0 Å². The molecule has 0 radical (unpaired) electrons. The first kappa shape index (κ1) is 19.5. The van der Waals surface area contributed by atoms with Crippen LogP contribution in [0.2, 0.25) is 5.02 Å². The predicted octanol–water partition coefficient (Wildman–Crippen LogP) is 2.69. The Kier molecular flexibility index (Phi) is 4.43. The molecule has 8 heteroatoms. The SMILES string of the molecule is O=C([O-])C12C[C@H]3C[C@@H](C1)CC(n1ncc(NCc4ccc(F)cc4)c(Cl)c1=O)(C3)C2. The van der Waals surface area contributed by atoms with Gasteiger partial charge in [0.2, 0.25) is 0 Å². The number of anilines is 1. The van der Waals surface area contributed by atoms with Gasteiger partial charge in [-0.1, -0.05) is 23.7 Å². The van der Waals surface area contributed by atoms with E-state index in [2.05, 4.69) is 10.4 Å². The van der Waals surface area contributed by atoms with Crippen LogP contribution in [0.25, 0.3) is 0 Å². The van der Waals surface area contributed by atoms with Gasteiger partial charge in [0.05, 0.1) is 17.4 Å². The number of aliphatic carboxylic acids is 1. The monoisotopic (exact) mass is 430 g/mol. The number of halogens is 2. The zero-order chi connectivity index (χ0) is 21.1. The van der Waals surface area contributed by atoms with E-state index in [9.17, 15) is 19.1 Å². The van der Waals surface area contributed by atoms with E-state index in [1.165, 1.54) is 23.0 Å². The maximum absolute atomic E-state index is 13.2. The van der Waals surface area contributed by atoms with E-state index in [0.717, 1.165) is 24.8 Å². The summed E-state index contributed by atoms with van der Waals surface area (Å²) in [6, 6.07) is 6.05. The van der Waals surface area contributed by atoms with E-state index >= 15 is 0 Å². The molecule has 0 aliphatic heterocycles. The molecule has 6 nitrogen and oxygen atoms in total. The number of hydrogen-bond donors (Lipinski definition) is 1. The van der Waals surface area contributed by atoms with Crippen LogP contribution in [0.5, 0.6) is 0 Å². The molecule has 6 rings (SSSR count). The van der Waals surface area contributed by atoms with E-state index in [1.807, 2.05) is 0 Å². The lowest BCUT2D eigenvalue weighted by Gasteiger charge is -2.62. The van der Waals surface area contributed by atoms with Crippen molar-refractivity contribution in [2.45, 2.75) is 50.6 Å². The average Bonchev–Trinajstić information content (AvgIpc) is 2.69. The molecule has 4 aliphatic rings. The third-order valence-electron chi connectivity index (χ3n) is 7.23. The Labute approximate surface area is 178 Å². The minimum absolute atomic E-state index is 0.0327. The number of benzene rings is 1. The highest BCUT2D eigenvalue weighted by molar-refractivity contribution is 6.32. The molecule has 4 bridgehead atoms. The second-order valence-corrected chi connectivity index (χ2v) is 9.70. The van der Waals surface area contributed by atoms with Gasteiger partial charge >= 0.3 is 0 Å². The fourth-order valence-electron chi connectivity index (χ4n) is 6.39. The van der Waals surface area contributed by atoms with Crippen molar-refractivity contribution in [1.82, 2.24) is 9.78 Å². The Hall–Kier alpha value is -2.41. The Morgan fingerprint density at radius 2 is 1.90 bits per heavy atom. The van der Waals surface area contributed by atoms with Gasteiger partial charge in [0.1, 0.15) is 10.8 Å². The van der Waals surface area contributed by atoms with Crippen molar-refractivity contribution in [3.05, 3.63) is 57.2 Å². The number of nitrogens with zero attached hydrogens (tertiary/aromatic N) is 2. The fraction of sp³-hybridized carbons (Fsp3) is 0.500. The number of carboxylic acid groups (broad SMARTS) is 1. The third kappa shape index (κ3) is 3.02. The van der Waals surface area contributed by atoms with Crippen LogP contribution < -0.4 is 16.0 Å². The van der Waals surface area contributed by atoms with Crippen LogP contribution in [0.1, 0.15) is 44.1 Å². The Bertz CT molecular complexity index is 1050. The van der Waals surface area contributed by atoms with Gasteiger partial charge in [-0.3, -0.25) is 4.79 Å². The molecule has 4 atom stereocenters. The van der Waals surface area contributed by atoms with E-state index in [-0.39, 0.29) is 22.7 Å². The highest BCUT2D eigenvalue weighted by atomic mass is 35.5. The molecule has 4 fully saturated rings. The lowest BCUT2D eigenvalue weighted by Crippen LogP contribution is -2.63. The van der Waals surface area contributed by atoms with Crippen LogP contribution in [0.4, 0.5) is 10.1 Å². The number of carboxylic acids is 1. The summed E-state index contributed by atoms with van der Waals surface area (Å²) in [6.07, 6.45) is 5.68. The number of rotatable bonds is 5. The summed E-state index contributed by atoms with van der Waals surface area (Å²) in [5.74, 6) is -0.774. The second kappa shape index (κ2) is 6.80. The van der Waals surface area contributed by atoms with Gasteiger partial charge in [0, 0.05) is 17.9 Å². The zero-order valence-corrected chi connectivity index (χ0v) is 17.1. The van der Waals surface area contributed by atoms with Crippen LogP contribution in [0, 0.1) is 23.1 Å². The zero-order valence-electron chi connectivity index (χ0n) is 16.4. The summed E-state index contributed by atoms with van der Waals surface area (Å²) in [5, 5.41) is 19.5. The van der Waals surface area contributed by atoms with E-state index in [0.29, 0.717) is 31.5 Å². The molecule has 2 aromatic rings. The predicted molar refractivity (Wildman–Crippen MR) is 107 cm³/mol. The molecular formula is C22H22ClFN3O3-. The quantitative estimate of drug-likeness (QED) is 0.788. The van der Waals surface area contributed by atoms with Crippen molar-refractivity contribution < 1.29 is 14.3 Å². The van der Waals surface area contributed by atoms with Crippen molar-refractivity contribution in [2.24, 2.45) is 17.3 Å². The molecule has 0 amide bonds. The van der Waals surface area contributed by atoms with E-state index in [4.69, 9.17) is 11.6 Å². The molecule has 4 aliphatic carbocycles. The van der Waals surface area contributed by atoms with Crippen molar-refractivity contribution in [1.29, 1.82) is 0 Å². The summed E-state index contributed by atoms with van der Waals surface area (Å²) < 4.78 is 14.5. The first-order chi connectivity index (χ1) is 14.3. The third-order valence-corrected chi connectivity index (χ3v) is 7.59. The number of aromatic nitrogens is 2. The Balaban J connectivity index is 1.44. The van der Waals surface area contributed by atoms with Gasteiger partial charge in [-0.15, -0.1) is 0 Å². The highest BCUT2D eigenvalue weighted by Crippen LogP contribution is 2.63. The number of nitrogens with one attached hydrogen (secondary N) is 1. The number of carbonyl (C=O) groups excluding carboxylic acids is 1. The smallest absolute Gasteiger partial charge is 0.288 e. The lowest BCUT2D eigenvalue weighted by atomic mass is 9.47. The Morgan fingerprint density at radius 3 is 2.53 bits per heavy atom. The summed E-state index contributed by atoms with van der Waals surface area (Å²) in [7, 11) is 0. The van der Waals surface area contributed by atoms with Crippen molar-refractivity contribution in [3.63, 3.8) is 0 Å². The topological polar surface area (TPSA) is 87.0 Å². The molecule has 0 saturated heterocycles. The summed E-state index contributed by atoms with van der Waals surface area (Å²) in [5.41, 5.74) is -0.635. The first-order valence-electron chi connectivity index (χ1n) is 10.3. The summed E-state index contributed by atoms with van der Waals surface area (Å²) in [4.78, 5) is 25.1. The van der Waals surface area contributed by atoms with Gasteiger partial charge in [-0.25, -0.2) is 9.07 Å². The minimum Gasteiger partial charge on any atom is -0.550 e.